The van der Waals surface area contributed by atoms with Crippen LogP contribution in [-0.4, -0.2) is 31.1 Å². The monoisotopic (exact) mass is 328 g/mol. The highest BCUT2D eigenvalue weighted by atomic mass is 35.5. The molecule has 2 fully saturated rings. The number of nitrogens with one attached hydrogen (secondary N) is 1. The van der Waals surface area contributed by atoms with Crippen molar-refractivity contribution in [3.63, 3.8) is 0 Å². The number of likely N-dealkylation sites (tertiary alicyclic amines) is 1. The van der Waals surface area contributed by atoms with Crippen molar-refractivity contribution in [3.8, 4) is 0 Å². The summed E-state index contributed by atoms with van der Waals surface area (Å²) in [6.45, 7) is 8.11. The van der Waals surface area contributed by atoms with Crippen LogP contribution in [0.4, 0.5) is 0 Å². The molecule has 3 rings (SSSR count). The standard InChI is InChI=1S/C17H25ClN2.ClH/c1-2-14-4-3-5-16(18)15(14)12-20-11-8-17(13-20)6-9-19-10-7-17;/h3-5,19H,2,6-13H2,1H3;1H. The molecule has 0 radical (unpaired) electrons. The SMILES string of the molecule is CCc1cccc(Cl)c1CN1CCC2(CCNCC2)C1.Cl. The van der Waals surface area contributed by atoms with E-state index in [1.165, 1.54) is 56.6 Å². The molecule has 0 amide bonds. The summed E-state index contributed by atoms with van der Waals surface area (Å²) in [6.07, 6.45) is 5.11. The molecular formula is C17H26Cl2N2. The minimum atomic E-state index is 0. The van der Waals surface area contributed by atoms with E-state index in [4.69, 9.17) is 11.6 Å². The van der Waals surface area contributed by atoms with Crippen molar-refractivity contribution in [2.75, 3.05) is 26.2 Å². The molecular weight excluding hydrogens is 303 g/mol. The van der Waals surface area contributed by atoms with Crippen LogP contribution in [-0.2, 0) is 13.0 Å². The van der Waals surface area contributed by atoms with Crippen LogP contribution in [0.2, 0.25) is 5.02 Å². The smallest absolute Gasteiger partial charge is 0.0453 e. The Morgan fingerprint density at radius 1 is 1.24 bits per heavy atom. The maximum absolute atomic E-state index is 6.43. The van der Waals surface area contributed by atoms with E-state index in [0.29, 0.717) is 5.41 Å². The molecule has 0 aliphatic carbocycles. The van der Waals surface area contributed by atoms with Gasteiger partial charge in [0.1, 0.15) is 0 Å². The zero-order chi connectivity index (χ0) is 14.0. The topological polar surface area (TPSA) is 15.3 Å². The first-order chi connectivity index (χ1) is 9.72. The summed E-state index contributed by atoms with van der Waals surface area (Å²) in [5.41, 5.74) is 3.34. The Bertz CT molecular complexity index is 470. The first-order valence-electron chi connectivity index (χ1n) is 7.92. The molecule has 0 unspecified atom stereocenters. The van der Waals surface area contributed by atoms with Crippen molar-refractivity contribution in [2.24, 2.45) is 5.41 Å². The number of halogens is 2. The van der Waals surface area contributed by atoms with Crippen LogP contribution in [0.3, 0.4) is 0 Å². The van der Waals surface area contributed by atoms with Crippen LogP contribution in [0.5, 0.6) is 0 Å². The molecule has 2 aliphatic heterocycles. The molecule has 4 heteroatoms. The van der Waals surface area contributed by atoms with E-state index >= 15 is 0 Å². The van der Waals surface area contributed by atoms with Gasteiger partial charge in [0.25, 0.3) is 0 Å². The maximum Gasteiger partial charge on any atom is 0.0453 e. The number of nitrogens with zero attached hydrogens (tertiary/aromatic N) is 1. The highest BCUT2D eigenvalue weighted by Gasteiger charge is 2.38. The van der Waals surface area contributed by atoms with Gasteiger partial charge in [-0.05, 0) is 67.9 Å². The van der Waals surface area contributed by atoms with E-state index in [1.807, 2.05) is 6.07 Å². The van der Waals surface area contributed by atoms with Gasteiger partial charge in [-0.2, -0.15) is 0 Å². The molecule has 1 aromatic rings. The zero-order valence-corrected chi connectivity index (χ0v) is 14.4. The van der Waals surface area contributed by atoms with Crippen LogP contribution in [0.15, 0.2) is 18.2 Å². The molecule has 0 bridgehead atoms. The first-order valence-corrected chi connectivity index (χ1v) is 8.30. The van der Waals surface area contributed by atoms with Gasteiger partial charge in [-0.3, -0.25) is 4.90 Å². The van der Waals surface area contributed by atoms with Crippen LogP contribution in [0.1, 0.15) is 37.3 Å². The van der Waals surface area contributed by atoms with Crippen LogP contribution in [0, 0.1) is 5.41 Å². The molecule has 0 saturated carbocycles. The Labute approximate surface area is 139 Å². The van der Waals surface area contributed by atoms with Gasteiger partial charge in [-0.1, -0.05) is 30.7 Å². The largest absolute Gasteiger partial charge is 0.317 e. The number of hydrogen-bond acceptors (Lipinski definition) is 2. The molecule has 1 spiro atoms. The Balaban J connectivity index is 0.00000161. The average Bonchev–Trinajstić information content (AvgIpc) is 2.84. The molecule has 21 heavy (non-hydrogen) atoms. The minimum Gasteiger partial charge on any atom is -0.317 e. The number of rotatable bonds is 3. The van der Waals surface area contributed by atoms with E-state index in [0.717, 1.165) is 18.0 Å². The van der Waals surface area contributed by atoms with Gasteiger partial charge in [0.2, 0.25) is 0 Å². The molecule has 118 valence electrons. The highest BCUT2D eigenvalue weighted by Crippen LogP contribution is 2.39. The molecule has 1 aromatic carbocycles. The normalized spacial score (nSPS) is 21.4. The Kier molecular flexibility index (Phi) is 5.96. The first kappa shape index (κ1) is 17.1. The molecule has 1 N–H and O–H groups in total. The molecule has 2 aliphatic rings. The number of hydrogen-bond donors (Lipinski definition) is 1. The second kappa shape index (κ2) is 7.32. The molecule has 2 saturated heterocycles. The summed E-state index contributed by atoms with van der Waals surface area (Å²) < 4.78 is 0. The second-order valence-corrected chi connectivity index (χ2v) is 6.85. The van der Waals surface area contributed by atoms with Gasteiger partial charge in [0.15, 0.2) is 0 Å². The second-order valence-electron chi connectivity index (χ2n) is 6.44. The van der Waals surface area contributed by atoms with Crippen molar-refractivity contribution in [1.82, 2.24) is 10.2 Å². The Hall–Kier alpha value is -0.280. The number of piperidine rings is 1. The van der Waals surface area contributed by atoms with E-state index in [-0.39, 0.29) is 12.4 Å². The minimum absolute atomic E-state index is 0. The lowest BCUT2D eigenvalue weighted by molar-refractivity contribution is 0.194. The quantitative estimate of drug-likeness (QED) is 0.905. The highest BCUT2D eigenvalue weighted by molar-refractivity contribution is 6.31. The van der Waals surface area contributed by atoms with Crippen molar-refractivity contribution < 1.29 is 0 Å². The van der Waals surface area contributed by atoms with E-state index in [1.54, 1.807) is 0 Å². The zero-order valence-electron chi connectivity index (χ0n) is 12.8. The predicted octanol–water partition coefficient (Wildman–Crippen LogP) is 3.90. The molecule has 0 atom stereocenters. The van der Waals surface area contributed by atoms with Gasteiger partial charge in [-0.15, -0.1) is 12.4 Å². The van der Waals surface area contributed by atoms with Gasteiger partial charge in [0, 0.05) is 18.1 Å². The molecule has 2 heterocycles. The van der Waals surface area contributed by atoms with Gasteiger partial charge in [0.05, 0.1) is 0 Å². The molecule has 0 aromatic heterocycles. The van der Waals surface area contributed by atoms with Gasteiger partial charge < -0.3 is 5.32 Å². The third-order valence-electron chi connectivity index (χ3n) is 5.16. The van der Waals surface area contributed by atoms with Gasteiger partial charge >= 0.3 is 0 Å². The summed E-state index contributed by atoms with van der Waals surface area (Å²) in [7, 11) is 0. The lowest BCUT2D eigenvalue weighted by Gasteiger charge is -2.34. The van der Waals surface area contributed by atoms with Crippen molar-refractivity contribution in [3.05, 3.63) is 34.3 Å². The molecule has 2 nitrogen and oxygen atoms in total. The van der Waals surface area contributed by atoms with E-state index in [2.05, 4.69) is 29.3 Å². The Morgan fingerprint density at radius 2 is 2.00 bits per heavy atom. The van der Waals surface area contributed by atoms with Crippen molar-refractivity contribution in [1.29, 1.82) is 0 Å². The fraction of sp³-hybridized carbons (Fsp3) is 0.647. The van der Waals surface area contributed by atoms with E-state index < -0.39 is 0 Å². The lowest BCUT2D eigenvalue weighted by atomic mass is 9.78. The fourth-order valence-electron chi connectivity index (χ4n) is 3.86. The third-order valence-corrected chi connectivity index (χ3v) is 5.51. The van der Waals surface area contributed by atoms with E-state index in [9.17, 15) is 0 Å². The Morgan fingerprint density at radius 3 is 2.71 bits per heavy atom. The maximum atomic E-state index is 6.43. The predicted molar refractivity (Wildman–Crippen MR) is 92.5 cm³/mol. The van der Waals surface area contributed by atoms with Crippen LogP contribution < -0.4 is 5.32 Å². The van der Waals surface area contributed by atoms with Crippen molar-refractivity contribution in [2.45, 2.75) is 39.2 Å². The summed E-state index contributed by atoms with van der Waals surface area (Å²) in [5, 5.41) is 4.43. The summed E-state index contributed by atoms with van der Waals surface area (Å²) in [4.78, 5) is 2.62. The number of benzene rings is 1. The third kappa shape index (κ3) is 3.73. The van der Waals surface area contributed by atoms with Gasteiger partial charge in [-0.25, -0.2) is 0 Å². The summed E-state index contributed by atoms with van der Waals surface area (Å²) >= 11 is 6.43. The fourth-order valence-corrected chi connectivity index (χ4v) is 4.12. The van der Waals surface area contributed by atoms with Crippen molar-refractivity contribution >= 4 is 24.0 Å². The lowest BCUT2D eigenvalue weighted by Crippen LogP contribution is -2.38. The van der Waals surface area contributed by atoms with Crippen LogP contribution in [0.25, 0.3) is 0 Å². The average molecular weight is 329 g/mol. The van der Waals surface area contributed by atoms with Crippen LogP contribution >= 0.6 is 24.0 Å². The summed E-state index contributed by atoms with van der Waals surface area (Å²) in [6, 6.07) is 6.33. The summed E-state index contributed by atoms with van der Waals surface area (Å²) in [5.74, 6) is 0. The number of aryl methyl sites for hydroxylation is 1.